The Kier molecular flexibility index (Phi) is 3.22. The summed E-state index contributed by atoms with van der Waals surface area (Å²) in [6.07, 6.45) is 0.944. The minimum atomic E-state index is 0.255. The molecule has 3 aromatic rings. The monoisotopic (exact) mass is 311 g/mol. The highest BCUT2D eigenvalue weighted by atomic mass is 16.7. The van der Waals surface area contributed by atoms with Gasteiger partial charge < -0.3 is 24.9 Å². The Balaban J connectivity index is 1.70. The number of nitrogen functional groups attached to an aromatic ring is 1. The summed E-state index contributed by atoms with van der Waals surface area (Å²) in [6, 6.07) is 9.46. The van der Waals surface area contributed by atoms with E-state index in [0.29, 0.717) is 18.0 Å². The molecule has 1 aliphatic rings. The second-order valence-electron chi connectivity index (χ2n) is 5.41. The second kappa shape index (κ2) is 5.39. The van der Waals surface area contributed by atoms with Gasteiger partial charge in [0.15, 0.2) is 11.5 Å². The van der Waals surface area contributed by atoms with Crippen molar-refractivity contribution in [3.63, 3.8) is 0 Å². The van der Waals surface area contributed by atoms with E-state index < -0.39 is 0 Å². The van der Waals surface area contributed by atoms with Gasteiger partial charge in [-0.3, -0.25) is 0 Å². The van der Waals surface area contributed by atoms with Crippen LogP contribution in [-0.4, -0.2) is 23.4 Å². The number of nitrogens with zero attached hydrogens (tertiary/aromatic N) is 1. The first kappa shape index (κ1) is 13.8. The van der Waals surface area contributed by atoms with E-state index in [1.807, 2.05) is 30.3 Å². The number of ether oxygens (including phenoxy) is 3. The molecule has 0 spiro atoms. The number of hydrogen-bond donors (Lipinski definition) is 2. The molecule has 2 aromatic carbocycles. The Bertz CT molecular complexity index is 832. The van der Waals surface area contributed by atoms with Crippen molar-refractivity contribution in [1.82, 2.24) is 9.97 Å². The van der Waals surface area contributed by atoms with Gasteiger partial charge in [-0.25, -0.2) is 4.98 Å². The third-order valence-corrected chi connectivity index (χ3v) is 3.72. The fraction of sp³-hybridized carbons (Fsp3) is 0.235. The lowest BCUT2D eigenvalue weighted by Gasteiger charge is -2.08. The molecule has 0 bridgehead atoms. The van der Waals surface area contributed by atoms with E-state index in [4.69, 9.17) is 19.9 Å². The van der Waals surface area contributed by atoms with Crippen molar-refractivity contribution in [3.05, 3.63) is 30.3 Å². The average molecular weight is 311 g/mol. The molecule has 1 aliphatic heterocycles. The summed E-state index contributed by atoms with van der Waals surface area (Å²) in [5.41, 5.74) is 9.30. The van der Waals surface area contributed by atoms with Gasteiger partial charge in [-0.15, -0.1) is 0 Å². The minimum absolute atomic E-state index is 0.255. The molecule has 0 saturated carbocycles. The second-order valence-corrected chi connectivity index (χ2v) is 5.41. The van der Waals surface area contributed by atoms with E-state index in [-0.39, 0.29) is 6.79 Å². The summed E-state index contributed by atoms with van der Waals surface area (Å²) in [4.78, 5) is 7.89. The summed E-state index contributed by atoms with van der Waals surface area (Å²) in [5, 5.41) is 0. The topological polar surface area (TPSA) is 82.4 Å². The Labute approximate surface area is 133 Å². The third-order valence-electron chi connectivity index (χ3n) is 3.72. The highest BCUT2D eigenvalue weighted by molar-refractivity contribution is 5.83. The van der Waals surface area contributed by atoms with Gasteiger partial charge in [0.1, 0.15) is 11.6 Å². The van der Waals surface area contributed by atoms with Crippen molar-refractivity contribution in [1.29, 1.82) is 0 Å². The zero-order chi connectivity index (χ0) is 15.8. The van der Waals surface area contributed by atoms with Crippen LogP contribution in [0.4, 0.5) is 5.69 Å². The lowest BCUT2D eigenvalue weighted by molar-refractivity contribution is 0.174. The molecule has 0 atom stereocenters. The van der Waals surface area contributed by atoms with Gasteiger partial charge in [-0.1, -0.05) is 6.92 Å². The number of nitrogens with one attached hydrogen (secondary N) is 1. The Hall–Kier alpha value is -2.89. The number of imidazole rings is 1. The molecule has 0 aliphatic carbocycles. The number of anilines is 1. The molecular weight excluding hydrogens is 294 g/mol. The maximum absolute atomic E-state index is 6.07. The number of nitrogens with two attached hydrogens (primary N) is 1. The predicted octanol–water partition coefficient (Wildman–Crippen LogP) is 3.33. The lowest BCUT2D eigenvalue weighted by Crippen LogP contribution is -1.99. The van der Waals surface area contributed by atoms with Gasteiger partial charge in [0, 0.05) is 17.7 Å². The highest BCUT2D eigenvalue weighted by Gasteiger charge is 2.17. The number of fused-ring (bicyclic) bond motifs is 2. The van der Waals surface area contributed by atoms with Gasteiger partial charge in [-0.2, -0.15) is 0 Å². The predicted molar refractivity (Wildman–Crippen MR) is 87.9 cm³/mol. The van der Waals surface area contributed by atoms with Gasteiger partial charge in [0.25, 0.3) is 0 Å². The van der Waals surface area contributed by atoms with E-state index in [0.717, 1.165) is 40.3 Å². The molecular formula is C17H17N3O3. The molecule has 0 amide bonds. The molecule has 0 saturated heterocycles. The van der Waals surface area contributed by atoms with Crippen LogP contribution in [0.15, 0.2) is 30.3 Å². The van der Waals surface area contributed by atoms with Crippen LogP contribution >= 0.6 is 0 Å². The summed E-state index contributed by atoms with van der Waals surface area (Å²) in [7, 11) is 0. The number of aromatic amines is 1. The quantitative estimate of drug-likeness (QED) is 0.722. The highest BCUT2D eigenvalue weighted by Crippen LogP contribution is 2.36. The largest absolute Gasteiger partial charge is 0.491 e. The Morgan fingerprint density at radius 1 is 1.22 bits per heavy atom. The normalized spacial score (nSPS) is 12.7. The molecule has 0 fully saturated rings. The van der Waals surface area contributed by atoms with Crippen molar-refractivity contribution < 1.29 is 14.2 Å². The van der Waals surface area contributed by atoms with E-state index in [9.17, 15) is 0 Å². The molecule has 4 rings (SSSR count). The first-order valence-corrected chi connectivity index (χ1v) is 7.56. The van der Waals surface area contributed by atoms with Crippen LogP contribution in [0.3, 0.4) is 0 Å². The summed E-state index contributed by atoms with van der Waals surface area (Å²) in [6.45, 7) is 2.97. The number of H-pyrrole nitrogens is 1. The third kappa shape index (κ3) is 2.42. The maximum atomic E-state index is 6.07. The van der Waals surface area contributed by atoms with E-state index in [2.05, 4.69) is 16.9 Å². The van der Waals surface area contributed by atoms with Crippen LogP contribution in [-0.2, 0) is 0 Å². The van der Waals surface area contributed by atoms with Crippen LogP contribution in [0, 0.1) is 0 Å². The van der Waals surface area contributed by atoms with Crippen molar-refractivity contribution in [2.75, 3.05) is 19.1 Å². The molecule has 0 unspecified atom stereocenters. The average Bonchev–Trinajstić information content (AvgIpc) is 3.16. The Morgan fingerprint density at radius 2 is 2.04 bits per heavy atom. The molecule has 1 aromatic heterocycles. The number of benzene rings is 2. The smallest absolute Gasteiger partial charge is 0.231 e. The first-order chi connectivity index (χ1) is 11.2. The molecule has 0 radical (unpaired) electrons. The van der Waals surface area contributed by atoms with Crippen LogP contribution in [0.5, 0.6) is 17.2 Å². The Morgan fingerprint density at radius 3 is 2.83 bits per heavy atom. The molecule has 23 heavy (non-hydrogen) atoms. The molecule has 6 heteroatoms. The van der Waals surface area contributed by atoms with Crippen molar-refractivity contribution >= 4 is 16.7 Å². The SMILES string of the molecule is CCCOc1ccc(-c2nc3cc4c(cc3[nH]2)OCO4)cc1N. The van der Waals surface area contributed by atoms with E-state index in [1.54, 1.807) is 0 Å². The van der Waals surface area contributed by atoms with Crippen LogP contribution in [0.2, 0.25) is 0 Å². The summed E-state index contributed by atoms with van der Waals surface area (Å²) >= 11 is 0. The number of rotatable bonds is 4. The summed E-state index contributed by atoms with van der Waals surface area (Å²) in [5.74, 6) is 2.90. The van der Waals surface area contributed by atoms with Crippen LogP contribution in [0.25, 0.3) is 22.4 Å². The van der Waals surface area contributed by atoms with Gasteiger partial charge >= 0.3 is 0 Å². The van der Waals surface area contributed by atoms with Crippen molar-refractivity contribution in [2.24, 2.45) is 0 Å². The molecule has 2 heterocycles. The van der Waals surface area contributed by atoms with E-state index >= 15 is 0 Å². The first-order valence-electron chi connectivity index (χ1n) is 7.56. The molecule has 3 N–H and O–H groups in total. The maximum Gasteiger partial charge on any atom is 0.231 e. The molecule has 118 valence electrons. The van der Waals surface area contributed by atoms with Crippen molar-refractivity contribution in [2.45, 2.75) is 13.3 Å². The van der Waals surface area contributed by atoms with Crippen molar-refractivity contribution in [3.8, 4) is 28.6 Å². The summed E-state index contributed by atoms with van der Waals surface area (Å²) < 4.78 is 16.4. The van der Waals surface area contributed by atoms with Gasteiger partial charge in [-0.05, 0) is 24.6 Å². The fourth-order valence-corrected chi connectivity index (χ4v) is 2.58. The van der Waals surface area contributed by atoms with Crippen LogP contribution in [0.1, 0.15) is 13.3 Å². The zero-order valence-electron chi connectivity index (χ0n) is 12.8. The standard InChI is InChI=1S/C17H17N3O3/c1-2-5-21-14-4-3-10(6-11(14)18)17-19-12-7-15-16(23-9-22-15)8-13(12)20-17/h3-4,6-8H,2,5,9,18H2,1H3,(H,19,20). The number of aromatic nitrogens is 2. The van der Waals surface area contributed by atoms with Gasteiger partial charge in [0.05, 0.1) is 23.3 Å². The lowest BCUT2D eigenvalue weighted by atomic mass is 10.2. The minimum Gasteiger partial charge on any atom is -0.491 e. The fourth-order valence-electron chi connectivity index (χ4n) is 2.58. The van der Waals surface area contributed by atoms with Gasteiger partial charge in [0.2, 0.25) is 6.79 Å². The van der Waals surface area contributed by atoms with E-state index in [1.165, 1.54) is 0 Å². The number of hydrogen-bond acceptors (Lipinski definition) is 5. The molecule has 6 nitrogen and oxygen atoms in total. The zero-order valence-corrected chi connectivity index (χ0v) is 12.8. The van der Waals surface area contributed by atoms with Crippen LogP contribution < -0.4 is 19.9 Å².